The lowest BCUT2D eigenvalue weighted by molar-refractivity contribution is 0.351. The van der Waals surface area contributed by atoms with Crippen molar-refractivity contribution < 1.29 is 13.2 Å². The minimum absolute atomic E-state index is 0.436. The maximum Gasteiger partial charge on any atom is 0.228 e. The van der Waals surface area contributed by atoms with Crippen LogP contribution in [-0.2, 0) is 10.0 Å². The van der Waals surface area contributed by atoms with Crippen LogP contribution < -0.4 is 10.2 Å². The molecule has 0 radical (unpaired) electrons. The number of nitrogens with zero attached hydrogens (tertiary/aromatic N) is 1. The van der Waals surface area contributed by atoms with Crippen molar-refractivity contribution in [3.05, 3.63) is 70.8 Å². The molecule has 0 amide bonds. The summed E-state index contributed by atoms with van der Waals surface area (Å²) >= 11 is 5.92. The molecule has 3 rings (SSSR count). The molecule has 0 fully saturated rings. The number of hydrogen-bond acceptors (Lipinski definition) is 4. The molecule has 1 atom stereocenters. The van der Waals surface area contributed by atoms with E-state index in [0.29, 0.717) is 5.02 Å². The molecular formula is C17H17ClN2O3S. The van der Waals surface area contributed by atoms with Crippen molar-refractivity contribution in [1.29, 1.82) is 0 Å². The Morgan fingerprint density at radius 1 is 1.08 bits per heavy atom. The number of hydrazine groups is 1. The number of methoxy groups -OCH3 is 1. The molecule has 24 heavy (non-hydrogen) atoms. The van der Waals surface area contributed by atoms with Crippen LogP contribution in [0.1, 0.15) is 17.2 Å². The average molecular weight is 365 g/mol. The van der Waals surface area contributed by atoms with E-state index in [1.165, 1.54) is 10.7 Å². The molecule has 1 heterocycles. The predicted molar refractivity (Wildman–Crippen MR) is 95.0 cm³/mol. The van der Waals surface area contributed by atoms with Crippen molar-refractivity contribution in [3.8, 4) is 5.75 Å². The Morgan fingerprint density at radius 3 is 2.25 bits per heavy atom. The van der Waals surface area contributed by atoms with E-state index < -0.39 is 16.1 Å². The van der Waals surface area contributed by atoms with E-state index in [2.05, 4.69) is 5.43 Å². The first kappa shape index (κ1) is 16.8. The highest BCUT2D eigenvalue weighted by atomic mass is 35.5. The minimum atomic E-state index is -3.45. The highest BCUT2D eigenvalue weighted by Crippen LogP contribution is 2.33. The number of hydrogen-bond donors (Lipinski definition) is 1. The molecule has 126 valence electrons. The molecule has 0 aromatic heterocycles. The monoisotopic (exact) mass is 364 g/mol. The fourth-order valence-corrected chi connectivity index (χ4v) is 3.55. The maximum absolute atomic E-state index is 12.1. The highest BCUT2D eigenvalue weighted by molar-refractivity contribution is 7.88. The quantitative estimate of drug-likeness (QED) is 0.905. The second-order valence-corrected chi connectivity index (χ2v) is 7.77. The van der Waals surface area contributed by atoms with Crippen molar-refractivity contribution in [2.45, 2.75) is 6.04 Å². The summed E-state index contributed by atoms with van der Waals surface area (Å²) in [4.78, 5) is 0. The summed E-state index contributed by atoms with van der Waals surface area (Å²) < 4.78 is 30.7. The maximum atomic E-state index is 12.1. The molecule has 5 nitrogen and oxygen atoms in total. The molecule has 2 aromatic carbocycles. The Hall–Kier alpha value is -2.02. The van der Waals surface area contributed by atoms with Crippen LogP contribution in [-0.4, -0.2) is 26.2 Å². The summed E-state index contributed by atoms with van der Waals surface area (Å²) in [6.45, 7) is 0. The SMILES string of the molecule is COc1ccc(C2=C[C@@H](c3ccc(Cl)cc3)N(S(C)(=O)=O)N2)cc1. The van der Waals surface area contributed by atoms with Crippen molar-refractivity contribution in [2.75, 3.05) is 13.4 Å². The molecule has 0 spiro atoms. The number of halogens is 1. The first-order valence-electron chi connectivity index (χ1n) is 7.26. The van der Waals surface area contributed by atoms with Gasteiger partial charge in [-0.05, 0) is 53.6 Å². The van der Waals surface area contributed by atoms with Gasteiger partial charge in [-0.15, -0.1) is 4.41 Å². The van der Waals surface area contributed by atoms with E-state index in [1.807, 2.05) is 42.5 Å². The minimum Gasteiger partial charge on any atom is -0.497 e. The van der Waals surface area contributed by atoms with Crippen LogP contribution in [0.5, 0.6) is 5.75 Å². The van der Waals surface area contributed by atoms with Gasteiger partial charge in [-0.3, -0.25) is 0 Å². The number of ether oxygens (including phenoxy) is 1. The lowest BCUT2D eigenvalue weighted by Gasteiger charge is -2.22. The standard InChI is InChI=1S/C17H17ClN2O3S/c1-23-15-9-5-12(6-10-15)16-11-17(20(19-16)24(2,21)22)13-3-7-14(18)8-4-13/h3-11,17,19H,1-2H3/t17-/m0/s1. The van der Waals surface area contributed by atoms with Crippen molar-refractivity contribution in [2.24, 2.45) is 0 Å². The molecule has 1 aliphatic heterocycles. The van der Waals surface area contributed by atoms with Crippen molar-refractivity contribution in [3.63, 3.8) is 0 Å². The van der Waals surface area contributed by atoms with E-state index >= 15 is 0 Å². The van der Waals surface area contributed by atoms with Gasteiger partial charge in [0.25, 0.3) is 0 Å². The molecule has 2 aromatic rings. The summed E-state index contributed by atoms with van der Waals surface area (Å²) in [5, 5.41) is 0.606. The fraction of sp³-hybridized carbons (Fsp3) is 0.176. The molecule has 1 aliphatic rings. The van der Waals surface area contributed by atoms with Gasteiger partial charge in [0.15, 0.2) is 0 Å². The molecule has 0 bridgehead atoms. The molecule has 0 aliphatic carbocycles. The highest BCUT2D eigenvalue weighted by Gasteiger charge is 2.33. The Morgan fingerprint density at radius 2 is 1.71 bits per heavy atom. The van der Waals surface area contributed by atoms with Crippen LogP contribution >= 0.6 is 11.6 Å². The van der Waals surface area contributed by atoms with Gasteiger partial charge in [-0.1, -0.05) is 23.7 Å². The summed E-state index contributed by atoms with van der Waals surface area (Å²) in [5.74, 6) is 0.742. The van der Waals surface area contributed by atoms with Gasteiger partial charge < -0.3 is 10.2 Å². The zero-order valence-corrected chi connectivity index (χ0v) is 14.8. The van der Waals surface area contributed by atoms with E-state index in [9.17, 15) is 8.42 Å². The summed E-state index contributed by atoms with van der Waals surface area (Å²) in [6, 6.07) is 14.1. The van der Waals surface area contributed by atoms with Crippen LogP contribution in [0.3, 0.4) is 0 Å². The predicted octanol–water partition coefficient (Wildman–Crippen LogP) is 3.21. The van der Waals surface area contributed by atoms with Crippen molar-refractivity contribution >= 4 is 27.3 Å². The van der Waals surface area contributed by atoms with Gasteiger partial charge in [0, 0.05) is 5.02 Å². The first-order valence-corrected chi connectivity index (χ1v) is 9.49. The molecular weight excluding hydrogens is 348 g/mol. The molecule has 7 heteroatoms. The Kier molecular flexibility index (Phi) is 4.54. The third-order valence-corrected chi connectivity index (χ3v) is 5.06. The fourth-order valence-electron chi connectivity index (χ4n) is 2.56. The third-order valence-electron chi connectivity index (χ3n) is 3.78. The number of nitrogens with one attached hydrogen (secondary N) is 1. The van der Waals surface area contributed by atoms with Crippen LogP contribution in [0.4, 0.5) is 0 Å². The van der Waals surface area contributed by atoms with Crippen LogP contribution in [0.15, 0.2) is 54.6 Å². The summed E-state index contributed by atoms with van der Waals surface area (Å²) in [6.07, 6.45) is 3.06. The molecule has 0 saturated carbocycles. The van der Waals surface area contributed by atoms with Crippen LogP contribution in [0.25, 0.3) is 5.70 Å². The third kappa shape index (κ3) is 3.40. The lowest BCUT2D eigenvalue weighted by atomic mass is 10.1. The Balaban J connectivity index is 1.99. The number of sulfonamides is 1. The summed E-state index contributed by atoms with van der Waals surface area (Å²) in [5.41, 5.74) is 5.42. The first-order chi connectivity index (χ1) is 11.4. The lowest BCUT2D eigenvalue weighted by Crippen LogP contribution is -2.38. The zero-order valence-electron chi connectivity index (χ0n) is 13.2. The van der Waals surface area contributed by atoms with E-state index in [0.717, 1.165) is 22.6 Å². The topological polar surface area (TPSA) is 58.6 Å². The average Bonchev–Trinajstić information content (AvgIpc) is 3.01. The van der Waals surface area contributed by atoms with Gasteiger partial charge >= 0.3 is 0 Å². The Labute approximate surface area is 146 Å². The van der Waals surface area contributed by atoms with Gasteiger partial charge in [-0.2, -0.15) is 0 Å². The van der Waals surface area contributed by atoms with Gasteiger partial charge in [0.05, 0.1) is 25.1 Å². The second-order valence-electron chi connectivity index (χ2n) is 5.48. The number of rotatable bonds is 4. The number of benzene rings is 2. The normalized spacial score (nSPS) is 18.1. The smallest absolute Gasteiger partial charge is 0.228 e. The second kappa shape index (κ2) is 6.47. The largest absolute Gasteiger partial charge is 0.497 e. The van der Waals surface area contributed by atoms with Crippen LogP contribution in [0.2, 0.25) is 5.02 Å². The van der Waals surface area contributed by atoms with Gasteiger partial charge in [0.2, 0.25) is 10.0 Å². The molecule has 0 saturated heterocycles. The van der Waals surface area contributed by atoms with E-state index in [-0.39, 0.29) is 0 Å². The van der Waals surface area contributed by atoms with E-state index in [4.69, 9.17) is 16.3 Å². The molecule has 0 unspecified atom stereocenters. The zero-order chi connectivity index (χ0) is 17.3. The van der Waals surface area contributed by atoms with Gasteiger partial charge in [-0.25, -0.2) is 8.42 Å². The molecule has 1 N–H and O–H groups in total. The van der Waals surface area contributed by atoms with Crippen LogP contribution in [0, 0.1) is 0 Å². The van der Waals surface area contributed by atoms with Gasteiger partial charge in [0.1, 0.15) is 5.75 Å². The van der Waals surface area contributed by atoms with E-state index in [1.54, 1.807) is 19.2 Å². The van der Waals surface area contributed by atoms with Crippen molar-refractivity contribution in [1.82, 2.24) is 9.84 Å². The summed E-state index contributed by atoms with van der Waals surface area (Å²) in [7, 11) is -1.85. The Bertz CT molecular complexity index is 862.